The standard InChI is InChI=1S/C54H34O.C48H30O.C44H28O/c1-2-16-35(17-3-1)39-22-6-7-24-41(39)47-32-33-50-54(48-29-12-13-31-49(48)55-50)52(47)38-21-14-20-37(34-38)51-43-25-8-10-27-45(43)53(46-28-11-9-26-44(46)51)42-30-15-19-36-18-4-5-23-40(36)42;1-2-14-32(15-3-1)45-38-19-6-8-21-40(38)46(41-22-9-7-20-39(41)45)35-17-12-18-36(30-35)47-37(34-26-25-31-13-4-5-16-33(31)29-34)27-28-44-48(47)42-23-10-11-24-43(42)49-44;1-3-13-29(14-4-1)31-25-26-40-39(28-31)44-34(23-12-24-41(44)45-40)32-17-11-18-33(27-32)43-37-21-9-7-19-35(37)42(30-15-5-2-6-16-30)36-20-8-10-22-38(36)43/h1-34H;1-30H;1-28H/i8D,9D,10D,11D,25D,26D,27D,28D;1D,2D,3D,6D,7D,8D,9D,14D,15D,19D,20D,21D,22D;2D,5D,6D,7D,8D,9D,10D,15D,16D,19D,20D,21D,22D. The molecule has 3 heteroatoms. The maximum atomic E-state index is 9.59. The van der Waals surface area contributed by atoms with Crippen LogP contribution in [0.4, 0.5) is 0 Å². The van der Waals surface area contributed by atoms with E-state index in [4.69, 9.17) is 43.4 Å². The van der Waals surface area contributed by atoms with E-state index < -0.39 is 192 Å². The molecule has 30 aromatic rings. The van der Waals surface area contributed by atoms with E-state index in [1.165, 1.54) is 0 Å². The fourth-order valence-corrected chi connectivity index (χ4v) is 21.7. The summed E-state index contributed by atoms with van der Waals surface area (Å²) in [4.78, 5) is 0. The molecule has 0 bridgehead atoms. The molecule has 0 fully saturated rings. The van der Waals surface area contributed by atoms with Gasteiger partial charge in [0.05, 0.1) is 46.6 Å². The van der Waals surface area contributed by atoms with Crippen LogP contribution in [0.5, 0.6) is 0 Å². The van der Waals surface area contributed by atoms with Gasteiger partial charge in [-0.05, 0) is 292 Å². The highest BCUT2D eigenvalue weighted by Crippen LogP contribution is 2.54. The average Bonchev–Trinajstić information content (AvgIpc) is 1.23. The van der Waals surface area contributed by atoms with Crippen LogP contribution >= 0.6 is 0 Å². The third kappa shape index (κ3) is 15.2. The average molecular weight is 1930 g/mol. The first-order valence-corrected chi connectivity index (χ1v) is 48.4. The minimum atomic E-state index is -0.719. The second-order valence-corrected chi connectivity index (χ2v) is 36.3. The molecule has 149 heavy (non-hydrogen) atoms. The normalized spacial score (nSPS) is 14.8. The maximum Gasteiger partial charge on any atom is 0.136 e. The summed E-state index contributed by atoms with van der Waals surface area (Å²) in [6, 6.07) is 93.5. The van der Waals surface area contributed by atoms with Crippen molar-refractivity contribution in [1.82, 2.24) is 0 Å². The lowest BCUT2D eigenvalue weighted by Crippen LogP contribution is -1.93. The predicted octanol–water partition coefficient (Wildman–Crippen LogP) is 41.7. The van der Waals surface area contributed by atoms with Crippen molar-refractivity contribution < 1.29 is 59.9 Å². The molecule has 0 saturated heterocycles. The molecule has 0 aliphatic carbocycles. The number of benzene rings is 27. The summed E-state index contributed by atoms with van der Waals surface area (Å²) in [5.74, 6) is 0. The van der Waals surface area contributed by atoms with Gasteiger partial charge in [-0.25, -0.2) is 0 Å². The Bertz CT molecular complexity index is 12500. The molecule has 27 aromatic carbocycles. The first kappa shape index (κ1) is 58.9. The first-order valence-electron chi connectivity index (χ1n) is 65.4. The molecular formula is C146H92O3. The van der Waals surface area contributed by atoms with Crippen molar-refractivity contribution in [1.29, 1.82) is 0 Å². The number of para-hydroxylation sites is 2. The summed E-state index contributed by atoms with van der Waals surface area (Å²) >= 11 is 0. The number of fused-ring (bicyclic) bond motifs is 17. The van der Waals surface area contributed by atoms with Crippen LogP contribution in [0.1, 0.15) is 46.6 Å². The topological polar surface area (TPSA) is 39.4 Å². The monoisotopic (exact) mass is 1930 g/mol. The van der Waals surface area contributed by atoms with Gasteiger partial charge in [0.25, 0.3) is 0 Å². The number of hydrogen-bond acceptors (Lipinski definition) is 3. The maximum absolute atomic E-state index is 9.59. The van der Waals surface area contributed by atoms with E-state index >= 15 is 0 Å². The lowest BCUT2D eigenvalue weighted by Gasteiger charge is -2.20. The summed E-state index contributed by atoms with van der Waals surface area (Å²) in [5, 5.41) is 8.03. The fraction of sp³-hybridized carbons (Fsp3) is 0. The summed E-state index contributed by atoms with van der Waals surface area (Å²) in [5.41, 5.74) is 17.4. The summed E-state index contributed by atoms with van der Waals surface area (Å²) in [7, 11) is 0. The summed E-state index contributed by atoms with van der Waals surface area (Å²) < 4.78 is 324. The number of furan rings is 3. The van der Waals surface area contributed by atoms with Gasteiger partial charge in [-0.1, -0.05) is 484 Å². The minimum Gasteiger partial charge on any atom is -0.456 e. The molecule has 0 radical (unpaired) electrons. The van der Waals surface area contributed by atoms with Crippen molar-refractivity contribution in [2.45, 2.75) is 0 Å². The zero-order chi connectivity index (χ0) is 128. The van der Waals surface area contributed by atoms with Gasteiger partial charge in [-0.2, -0.15) is 0 Å². The van der Waals surface area contributed by atoms with Crippen LogP contribution in [0.25, 0.3) is 297 Å². The van der Waals surface area contributed by atoms with Gasteiger partial charge in [0, 0.05) is 43.4 Å². The Morgan fingerprint density at radius 1 is 0.121 bits per heavy atom. The van der Waals surface area contributed by atoms with Crippen LogP contribution < -0.4 is 0 Å². The molecule has 3 aromatic heterocycles. The molecule has 3 nitrogen and oxygen atoms in total. The zero-order valence-electron chi connectivity index (χ0n) is 113. The Balaban J connectivity index is 0.000000125. The fourth-order valence-electron chi connectivity index (χ4n) is 21.7. The Hall–Kier alpha value is -19.6. The molecule has 0 aliphatic heterocycles. The van der Waals surface area contributed by atoms with Gasteiger partial charge in [-0.3, -0.25) is 0 Å². The molecule has 694 valence electrons. The van der Waals surface area contributed by atoms with Crippen LogP contribution in [0, 0.1) is 0 Å². The molecule has 0 amide bonds. The van der Waals surface area contributed by atoms with Crippen molar-refractivity contribution in [2.75, 3.05) is 0 Å². The largest absolute Gasteiger partial charge is 0.456 e. The Labute approximate surface area is 909 Å². The van der Waals surface area contributed by atoms with Crippen molar-refractivity contribution in [2.24, 2.45) is 0 Å². The highest BCUT2D eigenvalue weighted by Gasteiger charge is 2.28. The Kier molecular flexibility index (Phi) is 14.6. The van der Waals surface area contributed by atoms with E-state index in [9.17, 15) is 16.4 Å². The summed E-state index contributed by atoms with van der Waals surface area (Å²) in [6.07, 6.45) is 0. The second-order valence-electron chi connectivity index (χ2n) is 36.3. The van der Waals surface area contributed by atoms with E-state index in [1.807, 2.05) is 273 Å². The van der Waals surface area contributed by atoms with Crippen molar-refractivity contribution in [3.05, 3.63) is 557 Å². The minimum absolute atomic E-state index is 0.0587. The highest BCUT2D eigenvalue weighted by atomic mass is 16.3. The van der Waals surface area contributed by atoms with Crippen LogP contribution in [-0.2, 0) is 0 Å². The van der Waals surface area contributed by atoms with Crippen LogP contribution in [0.15, 0.2) is 571 Å². The lowest BCUT2D eigenvalue weighted by atomic mass is 9.83. The summed E-state index contributed by atoms with van der Waals surface area (Å²) in [6.45, 7) is 0. The smallest absolute Gasteiger partial charge is 0.136 e. The molecule has 0 aliphatic rings. The first-order chi connectivity index (χ1) is 88.1. The third-order valence-electron chi connectivity index (χ3n) is 28.1. The van der Waals surface area contributed by atoms with E-state index in [0.717, 1.165) is 126 Å². The highest BCUT2D eigenvalue weighted by molar-refractivity contribution is 6.28. The molecule has 0 spiro atoms. The second kappa shape index (κ2) is 37.0. The van der Waals surface area contributed by atoms with Gasteiger partial charge < -0.3 is 13.3 Å². The molecule has 0 atom stereocenters. The number of hydrogen-bond donors (Lipinski definition) is 0. The van der Waals surface area contributed by atoms with Gasteiger partial charge >= 0.3 is 0 Å². The van der Waals surface area contributed by atoms with Gasteiger partial charge in [0.1, 0.15) is 33.5 Å². The SMILES string of the molecule is [2H]c1c([2H])c([2H])c(-c2c3c([2H])c([2H])c([2H])c([2H])c3c(-c3cccc(-c4c(-c5ccc6ccccc6c5)ccc5oc6ccccc6c45)c3)c3c([2H])c([2H])c([2H])c([2H])c23)c([2H])c1[2H].[2H]c1c([2H])c([2H])c(-c2c3c([2H])c([2H])c([2H])c([2H])c3c(-c3cccc(-c4cccc5oc6ccc(-c7ccccc7)cc6c45)c3)c3c([2H])c([2H])c([2H])c([2H])c23)c([2H])c1[2H].[2H]c1c([2H])c([2H])c2c(-c3cccc4ccccc34)c3c([2H])c([2H])c([2H])c([2H])c3c(-c3cccc(-c4c(-c5ccccc5-c5ccccc5)ccc5oc6ccccc6c45)c3)c2c1[2H]. The van der Waals surface area contributed by atoms with E-state index in [0.29, 0.717) is 72.4 Å². The van der Waals surface area contributed by atoms with Crippen molar-refractivity contribution in [3.63, 3.8) is 0 Å². The zero-order valence-corrected chi connectivity index (χ0v) is 78.7. The lowest BCUT2D eigenvalue weighted by molar-refractivity contribution is 0.668. The van der Waals surface area contributed by atoms with Gasteiger partial charge in [0.15, 0.2) is 0 Å². The number of rotatable bonds is 13. The predicted molar refractivity (Wildman–Crippen MR) is 632 cm³/mol. The van der Waals surface area contributed by atoms with Crippen LogP contribution in [-0.4, -0.2) is 0 Å². The quantitative estimate of drug-likeness (QED) is 0.108. The van der Waals surface area contributed by atoms with Crippen molar-refractivity contribution in [3.8, 4) is 145 Å². The Morgan fingerprint density at radius 2 is 0.430 bits per heavy atom. The van der Waals surface area contributed by atoms with Crippen molar-refractivity contribution >= 4 is 152 Å². The molecule has 30 rings (SSSR count). The van der Waals surface area contributed by atoms with E-state index in [1.54, 1.807) is 30.3 Å². The van der Waals surface area contributed by atoms with E-state index in [-0.39, 0.29) is 111 Å². The molecule has 3 heterocycles. The van der Waals surface area contributed by atoms with Gasteiger partial charge in [0.2, 0.25) is 0 Å². The molecule has 0 unspecified atom stereocenters. The Morgan fingerprint density at radius 3 is 0.933 bits per heavy atom. The molecule has 0 N–H and O–H groups in total. The molecular weight excluding hydrogens is 1800 g/mol. The van der Waals surface area contributed by atoms with Crippen LogP contribution in [0.3, 0.4) is 0 Å². The van der Waals surface area contributed by atoms with Crippen LogP contribution in [0.2, 0.25) is 0 Å². The van der Waals surface area contributed by atoms with E-state index in [2.05, 4.69) is 48.5 Å². The van der Waals surface area contributed by atoms with Gasteiger partial charge in [-0.15, -0.1) is 0 Å². The third-order valence-corrected chi connectivity index (χ3v) is 28.1. The molecule has 0 saturated carbocycles.